The predicted molar refractivity (Wildman–Crippen MR) is 76.8 cm³/mol. The Morgan fingerprint density at radius 2 is 1.42 bits per heavy atom. The number of hydrogen-bond acceptors (Lipinski definition) is 3. The van der Waals surface area contributed by atoms with Crippen LogP contribution in [0.2, 0.25) is 0 Å². The molecule has 0 atom stereocenters. The second-order valence-electron chi connectivity index (χ2n) is 5.53. The summed E-state index contributed by atoms with van der Waals surface area (Å²) in [5.41, 5.74) is 0.873. The van der Waals surface area contributed by atoms with Crippen LogP contribution < -0.4 is 0 Å². The summed E-state index contributed by atoms with van der Waals surface area (Å²) in [6.07, 6.45) is -0.458. The molecule has 0 amide bonds. The summed E-state index contributed by atoms with van der Waals surface area (Å²) in [5, 5.41) is 11.1. The van der Waals surface area contributed by atoms with Crippen molar-refractivity contribution in [1.82, 2.24) is 0 Å². The molecule has 1 N–H and O–H groups in total. The van der Waals surface area contributed by atoms with Crippen LogP contribution in [0.3, 0.4) is 0 Å². The van der Waals surface area contributed by atoms with Crippen LogP contribution in [-0.4, -0.2) is 19.3 Å². The van der Waals surface area contributed by atoms with Gasteiger partial charge in [-0.25, -0.2) is 0 Å². The van der Waals surface area contributed by atoms with Crippen molar-refractivity contribution in [2.24, 2.45) is 11.8 Å². The van der Waals surface area contributed by atoms with Gasteiger partial charge in [0, 0.05) is 19.8 Å². The molecule has 0 fully saturated rings. The number of benzene rings is 1. The Balaban J connectivity index is 3.40. The summed E-state index contributed by atoms with van der Waals surface area (Å²) in [6, 6.07) is 7.78. The first kappa shape index (κ1) is 16.2. The fourth-order valence-corrected chi connectivity index (χ4v) is 2.71. The zero-order valence-electron chi connectivity index (χ0n) is 12.8. The van der Waals surface area contributed by atoms with E-state index in [9.17, 15) is 5.11 Å². The van der Waals surface area contributed by atoms with Crippen LogP contribution in [0.15, 0.2) is 24.3 Å². The number of rotatable bonds is 6. The SMILES string of the molecule is COC(OC)c1ccccc1C(O)(C(C)C)C(C)C. The van der Waals surface area contributed by atoms with Crippen LogP contribution in [0.4, 0.5) is 0 Å². The van der Waals surface area contributed by atoms with Crippen molar-refractivity contribution < 1.29 is 14.6 Å². The van der Waals surface area contributed by atoms with Crippen molar-refractivity contribution in [3.8, 4) is 0 Å². The molecule has 0 unspecified atom stereocenters. The van der Waals surface area contributed by atoms with Crippen LogP contribution >= 0.6 is 0 Å². The van der Waals surface area contributed by atoms with Gasteiger partial charge < -0.3 is 14.6 Å². The molecule has 0 aliphatic carbocycles. The topological polar surface area (TPSA) is 38.7 Å². The minimum Gasteiger partial charge on any atom is -0.385 e. The summed E-state index contributed by atoms with van der Waals surface area (Å²) in [4.78, 5) is 0. The molecule has 0 aliphatic rings. The smallest absolute Gasteiger partial charge is 0.183 e. The van der Waals surface area contributed by atoms with Gasteiger partial charge in [-0.1, -0.05) is 52.0 Å². The molecule has 19 heavy (non-hydrogen) atoms. The van der Waals surface area contributed by atoms with Gasteiger partial charge in [0.05, 0.1) is 5.60 Å². The number of hydrogen-bond donors (Lipinski definition) is 1. The summed E-state index contributed by atoms with van der Waals surface area (Å²) < 4.78 is 10.7. The summed E-state index contributed by atoms with van der Waals surface area (Å²) in [5.74, 6) is 0.200. The maximum absolute atomic E-state index is 11.1. The van der Waals surface area contributed by atoms with E-state index in [1.165, 1.54) is 0 Å². The molecular formula is C16H26O3. The number of methoxy groups -OCH3 is 2. The molecule has 1 aromatic carbocycles. The normalized spacial score (nSPS) is 12.7. The van der Waals surface area contributed by atoms with Gasteiger partial charge >= 0.3 is 0 Å². The Labute approximate surface area is 116 Å². The van der Waals surface area contributed by atoms with Gasteiger partial charge in [-0.2, -0.15) is 0 Å². The Bertz CT molecular complexity index is 387. The van der Waals surface area contributed by atoms with E-state index in [1.807, 2.05) is 52.0 Å². The van der Waals surface area contributed by atoms with E-state index in [-0.39, 0.29) is 11.8 Å². The molecule has 0 bridgehead atoms. The van der Waals surface area contributed by atoms with Crippen LogP contribution in [0.1, 0.15) is 45.1 Å². The average Bonchev–Trinajstić information content (AvgIpc) is 2.39. The zero-order chi connectivity index (χ0) is 14.6. The van der Waals surface area contributed by atoms with E-state index in [0.29, 0.717) is 0 Å². The maximum Gasteiger partial charge on any atom is 0.183 e. The molecule has 1 aromatic rings. The maximum atomic E-state index is 11.1. The van der Waals surface area contributed by atoms with Crippen molar-refractivity contribution in [1.29, 1.82) is 0 Å². The highest BCUT2D eigenvalue weighted by molar-refractivity contribution is 5.34. The second kappa shape index (κ2) is 6.51. The third-order valence-corrected chi connectivity index (χ3v) is 3.83. The third-order valence-electron chi connectivity index (χ3n) is 3.83. The highest BCUT2D eigenvalue weighted by atomic mass is 16.7. The summed E-state index contributed by atoms with van der Waals surface area (Å²) in [7, 11) is 3.21. The molecule has 0 aliphatic heterocycles. The van der Waals surface area contributed by atoms with Crippen molar-refractivity contribution in [2.75, 3.05) is 14.2 Å². The van der Waals surface area contributed by atoms with Gasteiger partial charge in [0.15, 0.2) is 6.29 Å². The lowest BCUT2D eigenvalue weighted by Gasteiger charge is -2.39. The van der Waals surface area contributed by atoms with Gasteiger partial charge in [0.2, 0.25) is 0 Å². The second-order valence-corrected chi connectivity index (χ2v) is 5.53. The molecule has 0 spiro atoms. The third kappa shape index (κ3) is 2.99. The molecule has 3 heteroatoms. The van der Waals surface area contributed by atoms with E-state index >= 15 is 0 Å². The average molecular weight is 266 g/mol. The molecule has 1 rings (SSSR count). The quantitative estimate of drug-likeness (QED) is 0.801. The van der Waals surface area contributed by atoms with Crippen molar-refractivity contribution >= 4 is 0 Å². The van der Waals surface area contributed by atoms with Gasteiger partial charge in [-0.3, -0.25) is 0 Å². The first-order valence-corrected chi connectivity index (χ1v) is 6.76. The monoisotopic (exact) mass is 266 g/mol. The lowest BCUT2D eigenvalue weighted by molar-refractivity contribution is -0.112. The molecule has 0 heterocycles. The predicted octanol–water partition coefficient (Wildman–Crippen LogP) is 3.48. The van der Waals surface area contributed by atoms with E-state index in [4.69, 9.17) is 9.47 Å². The summed E-state index contributed by atoms with van der Waals surface area (Å²) >= 11 is 0. The number of ether oxygens (including phenoxy) is 2. The molecule has 0 aromatic heterocycles. The zero-order valence-corrected chi connectivity index (χ0v) is 12.8. The number of aliphatic hydroxyl groups is 1. The fourth-order valence-electron chi connectivity index (χ4n) is 2.71. The lowest BCUT2D eigenvalue weighted by Crippen LogP contribution is -2.39. The molecule has 0 radical (unpaired) electrons. The van der Waals surface area contributed by atoms with Gasteiger partial charge in [0.1, 0.15) is 0 Å². The van der Waals surface area contributed by atoms with Gasteiger partial charge in [-0.05, 0) is 17.4 Å². The van der Waals surface area contributed by atoms with Crippen LogP contribution in [-0.2, 0) is 15.1 Å². The molecule has 0 saturated carbocycles. The minimum absolute atomic E-state index is 0.100. The Morgan fingerprint density at radius 1 is 0.947 bits per heavy atom. The van der Waals surface area contributed by atoms with Gasteiger partial charge in [0.25, 0.3) is 0 Å². The largest absolute Gasteiger partial charge is 0.385 e. The van der Waals surface area contributed by atoms with Crippen molar-refractivity contribution in [3.05, 3.63) is 35.4 Å². The first-order chi connectivity index (χ1) is 8.89. The molecule has 108 valence electrons. The highest BCUT2D eigenvalue weighted by Gasteiger charge is 2.39. The van der Waals surface area contributed by atoms with E-state index in [0.717, 1.165) is 11.1 Å². The van der Waals surface area contributed by atoms with E-state index < -0.39 is 11.9 Å². The van der Waals surface area contributed by atoms with Gasteiger partial charge in [-0.15, -0.1) is 0 Å². The minimum atomic E-state index is -0.897. The summed E-state index contributed by atoms with van der Waals surface area (Å²) in [6.45, 7) is 8.13. The molecule has 0 saturated heterocycles. The fraction of sp³-hybridized carbons (Fsp3) is 0.625. The Kier molecular flexibility index (Phi) is 5.53. The van der Waals surface area contributed by atoms with Crippen LogP contribution in [0.5, 0.6) is 0 Å². The highest BCUT2D eigenvalue weighted by Crippen LogP contribution is 2.40. The molecular weight excluding hydrogens is 240 g/mol. The van der Waals surface area contributed by atoms with Crippen LogP contribution in [0.25, 0.3) is 0 Å². The standard InChI is InChI=1S/C16H26O3/c1-11(2)16(17,12(3)4)14-10-8-7-9-13(14)15(18-5)19-6/h7-12,15,17H,1-6H3. The lowest BCUT2D eigenvalue weighted by atomic mass is 9.73. The Hall–Kier alpha value is -0.900. The Morgan fingerprint density at radius 3 is 1.84 bits per heavy atom. The first-order valence-electron chi connectivity index (χ1n) is 6.76. The van der Waals surface area contributed by atoms with E-state index in [1.54, 1.807) is 14.2 Å². The van der Waals surface area contributed by atoms with Crippen molar-refractivity contribution in [2.45, 2.75) is 39.6 Å². The molecule has 3 nitrogen and oxygen atoms in total. The van der Waals surface area contributed by atoms with Crippen LogP contribution in [0, 0.1) is 11.8 Å². The van der Waals surface area contributed by atoms with Crippen molar-refractivity contribution in [3.63, 3.8) is 0 Å². The van der Waals surface area contributed by atoms with E-state index in [2.05, 4.69) is 0 Å².